The summed E-state index contributed by atoms with van der Waals surface area (Å²) >= 11 is 8.57. The molecule has 0 amide bonds. The first-order chi connectivity index (χ1) is 8.67. The van der Waals surface area contributed by atoms with Crippen molar-refractivity contribution in [3.05, 3.63) is 43.2 Å². The van der Waals surface area contributed by atoms with Crippen LogP contribution in [0, 0.1) is 0 Å². The molecule has 2 aromatic heterocycles. The van der Waals surface area contributed by atoms with Crippen molar-refractivity contribution in [2.24, 2.45) is 5.84 Å². The van der Waals surface area contributed by atoms with Crippen molar-refractivity contribution in [3.8, 4) is 5.75 Å². The van der Waals surface area contributed by atoms with Gasteiger partial charge in [0.05, 0.1) is 20.7 Å². The number of rotatable bonds is 4. The highest BCUT2D eigenvalue weighted by Gasteiger charge is 2.22. The fourth-order valence-electron chi connectivity index (χ4n) is 1.66. The van der Waals surface area contributed by atoms with Gasteiger partial charge in [0.1, 0.15) is 11.4 Å². The zero-order valence-electron chi connectivity index (χ0n) is 9.48. The molecule has 7 heteroatoms. The van der Waals surface area contributed by atoms with E-state index in [2.05, 4.69) is 42.3 Å². The Morgan fingerprint density at radius 1 is 1.50 bits per heavy atom. The van der Waals surface area contributed by atoms with Gasteiger partial charge in [0.15, 0.2) is 0 Å². The predicted octanol–water partition coefficient (Wildman–Crippen LogP) is 3.23. The molecule has 0 saturated carbocycles. The van der Waals surface area contributed by atoms with Gasteiger partial charge in [0.2, 0.25) is 0 Å². The summed E-state index contributed by atoms with van der Waals surface area (Å²) < 4.78 is 7.35. The van der Waals surface area contributed by atoms with Crippen LogP contribution in [0.1, 0.15) is 17.3 Å². The molecule has 2 rings (SSSR count). The first-order valence-electron chi connectivity index (χ1n) is 5.07. The number of ether oxygens (including phenoxy) is 1. The third-order valence-electron chi connectivity index (χ3n) is 2.45. The topological polar surface area (TPSA) is 60.2 Å². The van der Waals surface area contributed by atoms with Crippen molar-refractivity contribution in [1.82, 2.24) is 10.4 Å². The first-order valence-corrected chi connectivity index (χ1v) is 7.47. The summed E-state index contributed by atoms with van der Waals surface area (Å²) in [6, 6.07) is 5.47. The third-order valence-corrected chi connectivity index (χ3v) is 4.84. The minimum atomic E-state index is -0.224. The van der Waals surface area contributed by atoms with E-state index in [-0.39, 0.29) is 6.04 Å². The smallest absolute Gasteiger partial charge is 0.142 e. The highest BCUT2D eigenvalue weighted by Crippen LogP contribution is 2.38. The molecule has 0 radical (unpaired) electrons. The number of aromatic nitrogens is 1. The van der Waals surface area contributed by atoms with Gasteiger partial charge in [-0.2, -0.15) is 0 Å². The molecule has 0 aliphatic carbocycles. The second kappa shape index (κ2) is 6.12. The second-order valence-corrected chi connectivity index (χ2v) is 7.22. The zero-order valence-corrected chi connectivity index (χ0v) is 13.5. The molecular formula is C11H11Br2N3OS. The summed E-state index contributed by atoms with van der Waals surface area (Å²) in [5, 5.41) is 0. The van der Waals surface area contributed by atoms with Gasteiger partial charge in [0.25, 0.3) is 0 Å². The fourth-order valence-corrected chi connectivity index (χ4v) is 4.56. The molecule has 0 saturated heterocycles. The molecule has 1 unspecified atom stereocenters. The van der Waals surface area contributed by atoms with Crippen molar-refractivity contribution in [3.63, 3.8) is 0 Å². The van der Waals surface area contributed by atoms with Crippen LogP contribution in [0.4, 0.5) is 0 Å². The molecule has 4 nitrogen and oxygen atoms in total. The van der Waals surface area contributed by atoms with E-state index in [0.717, 1.165) is 18.8 Å². The van der Waals surface area contributed by atoms with E-state index in [9.17, 15) is 0 Å². The number of pyridine rings is 1. The molecule has 3 N–H and O–H groups in total. The van der Waals surface area contributed by atoms with Crippen LogP contribution in [-0.2, 0) is 0 Å². The monoisotopic (exact) mass is 391 g/mol. The molecule has 0 bridgehead atoms. The van der Waals surface area contributed by atoms with Gasteiger partial charge in [-0.05, 0) is 50.1 Å². The van der Waals surface area contributed by atoms with Crippen LogP contribution in [0.5, 0.6) is 5.75 Å². The molecule has 2 heterocycles. The maximum absolute atomic E-state index is 5.66. The van der Waals surface area contributed by atoms with E-state index in [1.165, 1.54) is 0 Å². The number of nitrogens with one attached hydrogen (secondary N) is 1. The molecule has 0 aliphatic heterocycles. The summed E-state index contributed by atoms with van der Waals surface area (Å²) in [5.74, 6) is 6.36. The van der Waals surface area contributed by atoms with Gasteiger partial charge in [-0.3, -0.25) is 10.8 Å². The van der Waals surface area contributed by atoms with Crippen LogP contribution in [-0.4, -0.2) is 12.1 Å². The van der Waals surface area contributed by atoms with E-state index in [0.29, 0.717) is 5.75 Å². The van der Waals surface area contributed by atoms with Gasteiger partial charge in [0, 0.05) is 11.8 Å². The largest absolute Gasteiger partial charge is 0.495 e. The maximum Gasteiger partial charge on any atom is 0.142 e. The van der Waals surface area contributed by atoms with Crippen LogP contribution in [0.15, 0.2) is 32.0 Å². The van der Waals surface area contributed by atoms with Crippen molar-refractivity contribution in [2.75, 3.05) is 7.11 Å². The van der Waals surface area contributed by atoms with Crippen LogP contribution in [0.25, 0.3) is 0 Å². The lowest BCUT2D eigenvalue weighted by Gasteiger charge is -2.17. The third kappa shape index (κ3) is 2.75. The van der Waals surface area contributed by atoms with Gasteiger partial charge < -0.3 is 4.74 Å². The molecular weight excluding hydrogens is 382 g/mol. The van der Waals surface area contributed by atoms with E-state index in [4.69, 9.17) is 10.6 Å². The number of nitrogens with zero attached hydrogens (tertiary/aromatic N) is 1. The number of thiophene rings is 1. The highest BCUT2D eigenvalue weighted by molar-refractivity contribution is 9.12. The standard InChI is InChI=1S/C11H11Br2N3OS/c1-17-7-3-2-4-15-10(7)9(16-14)6-5-8(12)18-11(6)13/h2-5,9,16H,14H2,1H3. The number of nitrogens with two attached hydrogens (primary N) is 1. The highest BCUT2D eigenvalue weighted by atomic mass is 79.9. The van der Waals surface area contributed by atoms with Crippen LogP contribution < -0.4 is 16.0 Å². The average Bonchev–Trinajstić information content (AvgIpc) is 2.70. The van der Waals surface area contributed by atoms with E-state index < -0.39 is 0 Å². The number of halogens is 2. The zero-order chi connectivity index (χ0) is 13.1. The van der Waals surface area contributed by atoms with E-state index >= 15 is 0 Å². The van der Waals surface area contributed by atoms with Crippen molar-refractivity contribution < 1.29 is 4.74 Å². The lowest BCUT2D eigenvalue weighted by Crippen LogP contribution is -2.29. The lowest BCUT2D eigenvalue weighted by atomic mass is 10.1. The Kier molecular flexibility index (Phi) is 4.74. The summed E-state index contributed by atoms with van der Waals surface area (Å²) in [7, 11) is 1.62. The minimum Gasteiger partial charge on any atom is -0.495 e. The second-order valence-electron chi connectivity index (χ2n) is 3.47. The Labute approximate surface area is 126 Å². The maximum atomic E-state index is 5.66. The Balaban J connectivity index is 2.48. The van der Waals surface area contributed by atoms with E-state index in [1.807, 2.05) is 18.2 Å². The molecule has 18 heavy (non-hydrogen) atoms. The Hall–Kier alpha value is -0.470. The van der Waals surface area contributed by atoms with Crippen molar-refractivity contribution >= 4 is 43.2 Å². The number of hydrogen-bond acceptors (Lipinski definition) is 5. The van der Waals surface area contributed by atoms with Crippen LogP contribution >= 0.6 is 43.2 Å². The molecule has 0 fully saturated rings. The summed E-state index contributed by atoms with van der Waals surface area (Å²) in [6.45, 7) is 0. The normalized spacial score (nSPS) is 12.4. The number of methoxy groups -OCH3 is 1. The van der Waals surface area contributed by atoms with Crippen molar-refractivity contribution in [2.45, 2.75) is 6.04 Å². The number of hydrazine groups is 1. The fraction of sp³-hybridized carbons (Fsp3) is 0.182. The number of hydrogen-bond donors (Lipinski definition) is 2. The Morgan fingerprint density at radius 2 is 2.28 bits per heavy atom. The summed E-state index contributed by atoms with van der Waals surface area (Å²) in [4.78, 5) is 4.35. The van der Waals surface area contributed by atoms with Crippen LogP contribution in [0.3, 0.4) is 0 Å². The van der Waals surface area contributed by atoms with Gasteiger partial charge in [-0.25, -0.2) is 5.43 Å². The van der Waals surface area contributed by atoms with Gasteiger partial charge >= 0.3 is 0 Å². The molecule has 0 spiro atoms. The van der Waals surface area contributed by atoms with Gasteiger partial charge in [-0.1, -0.05) is 0 Å². The average molecular weight is 393 g/mol. The molecule has 0 aromatic carbocycles. The minimum absolute atomic E-state index is 0.224. The lowest BCUT2D eigenvalue weighted by molar-refractivity contribution is 0.400. The van der Waals surface area contributed by atoms with Crippen LogP contribution in [0.2, 0.25) is 0 Å². The van der Waals surface area contributed by atoms with Gasteiger partial charge in [-0.15, -0.1) is 11.3 Å². The molecule has 2 aromatic rings. The Bertz CT molecular complexity index is 547. The summed E-state index contributed by atoms with van der Waals surface area (Å²) in [5.41, 5.74) is 4.55. The Morgan fingerprint density at radius 3 is 2.83 bits per heavy atom. The predicted molar refractivity (Wildman–Crippen MR) is 79.7 cm³/mol. The molecule has 0 aliphatic rings. The first kappa shape index (κ1) is 14.0. The SMILES string of the molecule is COc1cccnc1C(NN)c1cc(Br)sc1Br. The van der Waals surface area contributed by atoms with E-state index in [1.54, 1.807) is 24.6 Å². The molecule has 1 atom stereocenters. The van der Waals surface area contributed by atoms with Crippen molar-refractivity contribution in [1.29, 1.82) is 0 Å². The molecule has 96 valence electrons. The summed E-state index contributed by atoms with van der Waals surface area (Å²) in [6.07, 6.45) is 1.72. The quantitative estimate of drug-likeness (QED) is 0.619.